The maximum absolute atomic E-state index is 11.9. The lowest BCUT2D eigenvalue weighted by molar-refractivity contribution is -0.123. The van der Waals surface area contributed by atoms with Crippen molar-refractivity contribution in [1.29, 1.82) is 0 Å². The minimum absolute atomic E-state index is 0.0434. The van der Waals surface area contributed by atoms with Crippen LogP contribution in [0, 0.1) is 0 Å². The zero-order chi connectivity index (χ0) is 16.6. The van der Waals surface area contributed by atoms with Crippen molar-refractivity contribution < 1.29 is 14.3 Å². The van der Waals surface area contributed by atoms with E-state index in [1.54, 1.807) is 0 Å². The fourth-order valence-electron chi connectivity index (χ4n) is 2.95. The summed E-state index contributed by atoms with van der Waals surface area (Å²) in [6.45, 7) is 0.947. The standard InChI is InChI=1S/C20H23NO3/c22-20(21-13-14-23-17-9-2-1-3-10-17)15-24-19-12-6-8-16-7-4-5-11-18(16)19/h1-3,6,8-10,12H,4-5,7,11,13-15H2,(H,21,22). The number of fused-ring (bicyclic) bond motifs is 1. The summed E-state index contributed by atoms with van der Waals surface area (Å²) >= 11 is 0. The van der Waals surface area contributed by atoms with E-state index in [0.717, 1.165) is 24.3 Å². The molecule has 126 valence electrons. The minimum Gasteiger partial charge on any atom is -0.492 e. The molecule has 0 bridgehead atoms. The SMILES string of the molecule is O=C(COc1cccc2c1CCCC2)NCCOc1ccccc1. The van der Waals surface area contributed by atoms with Gasteiger partial charge in [0.05, 0.1) is 6.54 Å². The summed E-state index contributed by atoms with van der Waals surface area (Å²) in [6.07, 6.45) is 4.57. The first-order valence-electron chi connectivity index (χ1n) is 8.51. The smallest absolute Gasteiger partial charge is 0.258 e. The molecule has 0 atom stereocenters. The number of amides is 1. The zero-order valence-corrected chi connectivity index (χ0v) is 13.8. The van der Waals surface area contributed by atoms with Gasteiger partial charge in [-0.1, -0.05) is 30.3 Å². The van der Waals surface area contributed by atoms with E-state index in [1.807, 2.05) is 42.5 Å². The van der Waals surface area contributed by atoms with Crippen molar-refractivity contribution in [3.8, 4) is 11.5 Å². The van der Waals surface area contributed by atoms with Crippen LogP contribution in [0.1, 0.15) is 24.0 Å². The molecule has 1 amide bonds. The number of carbonyl (C=O) groups excluding carboxylic acids is 1. The van der Waals surface area contributed by atoms with Crippen molar-refractivity contribution in [3.63, 3.8) is 0 Å². The second kappa shape index (κ2) is 8.39. The third-order valence-electron chi connectivity index (χ3n) is 4.15. The Bertz CT molecular complexity index is 670. The lowest BCUT2D eigenvalue weighted by Crippen LogP contribution is -2.32. The molecule has 0 radical (unpaired) electrons. The van der Waals surface area contributed by atoms with Gasteiger partial charge in [-0.05, 0) is 55.0 Å². The second-order valence-electron chi connectivity index (χ2n) is 5.90. The molecule has 1 aliphatic rings. The Morgan fingerprint density at radius 1 is 0.958 bits per heavy atom. The molecule has 0 saturated carbocycles. The van der Waals surface area contributed by atoms with E-state index in [1.165, 1.54) is 24.0 Å². The first-order chi connectivity index (χ1) is 11.8. The Balaban J connectivity index is 1.40. The van der Waals surface area contributed by atoms with Crippen molar-refractivity contribution in [2.24, 2.45) is 0 Å². The predicted molar refractivity (Wildman–Crippen MR) is 93.5 cm³/mol. The average Bonchev–Trinajstić information content (AvgIpc) is 2.64. The number of aryl methyl sites for hydroxylation is 1. The molecule has 0 aromatic heterocycles. The zero-order valence-electron chi connectivity index (χ0n) is 13.8. The highest BCUT2D eigenvalue weighted by molar-refractivity contribution is 5.77. The Kier molecular flexibility index (Phi) is 5.72. The Labute approximate surface area is 142 Å². The summed E-state index contributed by atoms with van der Waals surface area (Å²) in [7, 11) is 0. The topological polar surface area (TPSA) is 47.6 Å². The molecule has 1 aliphatic carbocycles. The maximum atomic E-state index is 11.9. The van der Waals surface area contributed by atoms with E-state index in [-0.39, 0.29) is 12.5 Å². The summed E-state index contributed by atoms with van der Waals surface area (Å²) in [6, 6.07) is 15.7. The van der Waals surface area contributed by atoms with Crippen LogP contribution >= 0.6 is 0 Å². The van der Waals surface area contributed by atoms with Gasteiger partial charge in [0, 0.05) is 0 Å². The van der Waals surface area contributed by atoms with Gasteiger partial charge < -0.3 is 14.8 Å². The highest BCUT2D eigenvalue weighted by Gasteiger charge is 2.14. The molecule has 0 aliphatic heterocycles. The van der Waals surface area contributed by atoms with Crippen molar-refractivity contribution in [3.05, 3.63) is 59.7 Å². The first kappa shape index (κ1) is 16.4. The third-order valence-corrected chi connectivity index (χ3v) is 4.15. The number of ether oxygens (including phenoxy) is 2. The number of carbonyl (C=O) groups is 1. The average molecular weight is 325 g/mol. The summed E-state index contributed by atoms with van der Waals surface area (Å²) in [4.78, 5) is 11.9. The van der Waals surface area contributed by atoms with Crippen LogP contribution in [0.5, 0.6) is 11.5 Å². The van der Waals surface area contributed by atoms with Gasteiger partial charge in [0.15, 0.2) is 6.61 Å². The lowest BCUT2D eigenvalue weighted by atomic mass is 9.91. The van der Waals surface area contributed by atoms with Crippen LogP contribution in [0.4, 0.5) is 0 Å². The van der Waals surface area contributed by atoms with E-state index in [2.05, 4.69) is 11.4 Å². The number of hydrogen-bond donors (Lipinski definition) is 1. The fraction of sp³-hybridized carbons (Fsp3) is 0.350. The first-order valence-corrected chi connectivity index (χ1v) is 8.51. The molecule has 4 nitrogen and oxygen atoms in total. The molecule has 1 N–H and O–H groups in total. The number of nitrogens with one attached hydrogen (secondary N) is 1. The van der Waals surface area contributed by atoms with Gasteiger partial charge in [-0.25, -0.2) is 0 Å². The Morgan fingerprint density at radius 3 is 2.67 bits per heavy atom. The summed E-state index contributed by atoms with van der Waals surface area (Å²) in [5.41, 5.74) is 2.62. The van der Waals surface area contributed by atoms with Crippen LogP contribution in [-0.2, 0) is 17.6 Å². The normalized spacial score (nSPS) is 13.0. The highest BCUT2D eigenvalue weighted by atomic mass is 16.5. The van der Waals surface area contributed by atoms with Gasteiger partial charge in [-0.15, -0.1) is 0 Å². The molecular formula is C20H23NO3. The molecule has 0 saturated heterocycles. The largest absolute Gasteiger partial charge is 0.492 e. The van der Waals surface area contributed by atoms with Crippen molar-refractivity contribution in [1.82, 2.24) is 5.32 Å². The van der Waals surface area contributed by atoms with E-state index in [0.29, 0.717) is 13.2 Å². The monoisotopic (exact) mass is 325 g/mol. The van der Waals surface area contributed by atoms with Gasteiger partial charge in [0.1, 0.15) is 18.1 Å². The van der Waals surface area contributed by atoms with Gasteiger partial charge in [-0.2, -0.15) is 0 Å². The molecule has 24 heavy (non-hydrogen) atoms. The van der Waals surface area contributed by atoms with Crippen LogP contribution in [0.3, 0.4) is 0 Å². The number of hydrogen-bond acceptors (Lipinski definition) is 3. The molecule has 0 unspecified atom stereocenters. The molecule has 2 aromatic rings. The number of rotatable bonds is 7. The molecule has 2 aromatic carbocycles. The maximum Gasteiger partial charge on any atom is 0.258 e. The molecule has 4 heteroatoms. The van der Waals surface area contributed by atoms with Crippen molar-refractivity contribution >= 4 is 5.91 Å². The fourth-order valence-corrected chi connectivity index (χ4v) is 2.95. The Hall–Kier alpha value is -2.49. The molecule has 0 heterocycles. The molecule has 0 fully saturated rings. The van der Waals surface area contributed by atoms with Gasteiger partial charge in [0.25, 0.3) is 5.91 Å². The molecular weight excluding hydrogens is 302 g/mol. The third kappa shape index (κ3) is 4.51. The van der Waals surface area contributed by atoms with E-state index in [4.69, 9.17) is 9.47 Å². The van der Waals surface area contributed by atoms with Crippen LogP contribution in [-0.4, -0.2) is 25.7 Å². The predicted octanol–water partition coefficient (Wildman–Crippen LogP) is 3.14. The van der Waals surface area contributed by atoms with Crippen molar-refractivity contribution in [2.75, 3.05) is 19.8 Å². The van der Waals surface area contributed by atoms with Gasteiger partial charge in [0.2, 0.25) is 0 Å². The molecule has 0 spiro atoms. The number of para-hydroxylation sites is 1. The van der Waals surface area contributed by atoms with Crippen LogP contribution < -0.4 is 14.8 Å². The van der Waals surface area contributed by atoms with Crippen LogP contribution in [0.25, 0.3) is 0 Å². The van der Waals surface area contributed by atoms with E-state index < -0.39 is 0 Å². The van der Waals surface area contributed by atoms with E-state index in [9.17, 15) is 4.79 Å². The molecule has 3 rings (SSSR count). The van der Waals surface area contributed by atoms with Gasteiger partial charge in [-0.3, -0.25) is 4.79 Å². The van der Waals surface area contributed by atoms with Crippen LogP contribution in [0.2, 0.25) is 0 Å². The van der Waals surface area contributed by atoms with E-state index >= 15 is 0 Å². The summed E-state index contributed by atoms with van der Waals surface area (Å²) in [5, 5.41) is 2.81. The summed E-state index contributed by atoms with van der Waals surface area (Å²) in [5.74, 6) is 1.53. The second-order valence-corrected chi connectivity index (χ2v) is 5.90. The van der Waals surface area contributed by atoms with Crippen LogP contribution in [0.15, 0.2) is 48.5 Å². The highest BCUT2D eigenvalue weighted by Crippen LogP contribution is 2.29. The lowest BCUT2D eigenvalue weighted by Gasteiger charge is -2.19. The number of benzene rings is 2. The summed E-state index contributed by atoms with van der Waals surface area (Å²) < 4.78 is 11.3. The van der Waals surface area contributed by atoms with Gasteiger partial charge >= 0.3 is 0 Å². The Morgan fingerprint density at radius 2 is 1.79 bits per heavy atom. The minimum atomic E-state index is -0.125. The van der Waals surface area contributed by atoms with Crippen molar-refractivity contribution in [2.45, 2.75) is 25.7 Å². The quantitative estimate of drug-likeness (QED) is 0.796.